The zero-order valence-electron chi connectivity index (χ0n) is 12.9. The van der Waals surface area contributed by atoms with Crippen molar-refractivity contribution in [3.8, 4) is 5.69 Å². The second kappa shape index (κ2) is 6.41. The molecule has 1 aliphatic heterocycles. The molecule has 0 aliphatic carbocycles. The lowest BCUT2D eigenvalue weighted by Gasteiger charge is -2.17. The number of aryl methyl sites for hydroxylation is 1. The predicted octanol–water partition coefficient (Wildman–Crippen LogP) is 1.61. The summed E-state index contributed by atoms with van der Waals surface area (Å²) in [6.45, 7) is 4.55. The molecule has 1 N–H and O–H groups in total. The molecule has 8 heteroatoms. The van der Waals surface area contributed by atoms with Crippen molar-refractivity contribution in [1.82, 2.24) is 25.0 Å². The number of nitrogens with zero attached hydrogens (tertiary/aromatic N) is 4. The van der Waals surface area contributed by atoms with Crippen LogP contribution in [-0.2, 0) is 4.79 Å². The van der Waals surface area contributed by atoms with E-state index in [9.17, 15) is 9.59 Å². The number of amides is 3. The lowest BCUT2D eigenvalue weighted by Crippen LogP contribution is -2.39. The lowest BCUT2D eigenvalue weighted by molar-refractivity contribution is -0.126. The Bertz CT molecular complexity index is 731. The van der Waals surface area contributed by atoms with Gasteiger partial charge in [0.2, 0.25) is 5.91 Å². The maximum Gasteiger partial charge on any atom is 0.324 e. The SMILES string of the molecule is Cc1nnc(SC(C)C(=O)N2CCNC2=O)n1-c1ccccc1. The van der Waals surface area contributed by atoms with Gasteiger partial charge in [0.15, 0.2) is 5.16 Å². The van der Waals surface area contributed by atoms with E-state index in [2.05, 4.69) is 15.5 Å². The molecule has 1 unspecified atom stereocenters. The Kier molecular flexibility index (Phi) is 4.33. The zero-order valence-corrected chi connectivity index (χ0v) is 13.7. The molecule has 1 saturated heterocycles. The van der Waals surface area contributed by atoms with E-state index in [0.29, 0.717) is 18.2 Å². The number of imide groups is 1. The van der Waals surface area contributed by atoms with Gasteiger partial charge in [0.05, 0.1) is 5.25 Å². The van der Waals surface area contributed by atoms with E-state index in [4.69, 9.17) is 0 Å². The Morgan fingerprint density at radius 2 is 2.04 bits per heavy atom. The fraction of sp³-hybridized carbons (Fsp3) is 0.333. The third-order valence-electron chi connectivity index (χ3n) is 3.56. The summed E-state index contributed by atoms with van der Waals surface area (Å²) >= 11 is 1.30. The van der Waals surface area contributed by atoms with Crippen molar-refractivity contribution >= 4 is 23.7 Å². The Morgan fingerprint density at radius 3 is 2.70 bits per heavy atom. The van der Waals surface area contributed by atoms with Crippen LogP contribution in [0.5, 0.6) is 0 Å². The van der Waals surface area contributed by atoms with Gasteiger partial charge in [-0.05, 0) is 26.0 Å². The first-order chi connectivity index (χ1) is 11.1. The summed E-state index contributed by atoms with van der Waals surface area (Å²) in [7, 11) is 0. The van der Waals surface area contributed by atoms with Crippen molar-refractivity contribution in [2.45, 2.75) is 24.3 Å². The van der Waals surface area contributed by atoms with Crippen LogP contribution < -0.4 is 5.32 Å². The van der Waals surface area contributed by atoms with Gasteiger partial charge >= 0.3 is 6.03 Å². The first kappa shape index (κ1) is 15.5. The Labute approximate surface area is 138 Å². The molecule has 7 nitrogen and oxygen atoms in total. The van der Waals surface area contributed by atoms with Gasteiger partial charge in [0.1, 0.15) is 5.82 Å². The van der Waals surface area contributed by atoms with Crippen LogP contribution in [-0.4, -0.2) is 49.9 Å². The highest BCUT2D eigenvalue weighted by molar-refractivity contribution is 8.00. The Hall–Kier alpha value is -2.35. The molecule has 120 valence electrons. The number of benzene rings is 1. The number of aromatic nitrogens is 3. The fourth-order valence-corrected chi connectivity index (χ4v) is 3.38. The fourth-order valence-electron chi connectivity index (χ4n) is 2.40. The lowest BCUT2D eigenvalue weighted by atomic mass is 10.3. The number of hydrogen-bond acceptors (Lipinski definition) is 5. The van der Waals surface area contributed by atoms with E-state index in [1.807, 2.05) is 41.8 Å². The second-order valence-electron chi connectivity index (χ2n) is 5.18. The molecule has 1 atom stereocenters. The van der Waals surface area contributed by atoms with E-state index < -0.39 is 5.25 Å². The first-order valence-corrected chi connectivity index (χ1v) is 8.19. The molecule has 0 saturated carbocycles. The van der Waals surface area contributed by atoms with Crippen molar-refractivity contribution < 1.29 is 9.59 Å². The quantitative estimate of drug-likeness (QED) is 0.861. The molecule has 0 radical (unpaired) electrons. The summed E-state index contributed by atoms with van der Waals surface area (Å²) in [5, 5.41) is 11.1. The average Bonchev–Trinajstić information content (AvgIpc) is 3.13. The molecule has 2 heterocycles. The van der Waals surface area contributed by atoms with Crippen LogP contribution in [0.25, 0.3) is 5.69 Å². The van der Waals surface area contributed by atoms with Crippen molar-refractivity contribution in [3.05, 3.63) is 36.2 Å². The number of rotatable bonds is 4. The standard InChI is InChI=1S/C15H17N5O2S/c1-10(13(21)19-9-8-16-14(19)22)23-15-18-17-11(2)20(15)12-6-4-3-5-7-12/h3-7,10H,8-9H2,1-2H3,(H,16,22). The van der Waals surface area contributed by atoms with E-state index in [1.165, 1.54) is 16.7 Å². The molecule has 1 aliphatic rings. The summed E-state index contributed by atoms with van der Waals surface area (Å²) < 4.78 is 1.90. The number of hydrogen-bond donors (Lipinski definition) is 1. The third kappa shape index (κ3) is 3.07. The van der Waals surface area contributed by atoms with Crippen LogP contribution in [0, 0.1) is 6.92 Å². The van der Waals surface area contributed by atoms with Crippen LogP contribution in [0.4, 0.5) is 4.79 Å². The zero-order chi connectivity index (χ0) is 16.4. The maximum absolute atomic E-state index is 12.4. The summed E-state index contributed by atoms with van der Waals surface area (Å²) in [6.07, 6.45) is 0. The molecule has 0 bridgehead atoms. The monoisotopic (exact) mass is 331 g/mol. The van der Waals surface area contributed by atoms with Crippen LogP contribution in [0.1, 0.15) is 12.7 Å². The van der Waals surface area contributed by atoms with Gasteiger partial charge in [0, 0.05) is 18.8 Å². The van der Waals surface area contributed by atoms with Gasteiger partial charge in [0.25, 0.3) is 0 Å². The van der Waals surface area contributed by atoms with Crippen LogP contribution in [0.2, 0.25) is 0 Å². The van der Waals surface area contributed by atoms with Crippen LogP contribution >= 0.6 is 11.8 Å². The molecule has 23 heavy (non-hydrogen) atoms. The van der Waals surface area contributed by atoms with E-state index in [0.717, 1.165) is 11.5 Å². The minimum Gasteiger partial charge on any atom is -0.336 e. The molecule has 1 aromatic heterocycles. The predicted molar refractivity (Wildman–Crippen MR) is 86.5 cm³/mol. The molecular weight excluding hydrogens is 314 g/mol. The summed E-state index contributed by atoms with van der Waals surface area (Å²) in [5.74, 6) is 0.530. The maximum atomic E-state index is 12.4. The highest BCUT2D eigenvalue weighted by atomic mass is 32.2. The molecule has 1 fully saturated rings. The highest BCUT2D eigenvalue weighted by Gasteiger charge is 2.31. The van der Waals surface area contributed by atoms with Gasteiger partial charge in [-0.1, -0.05) is 30.0 Å². The second-order valence-corrected chi connectivity index (χ2v) is 6.49. The van der Waals surface area contributed by atoms with E-state index in [1.54, 1.807) is 6.92 Å². The normalized spacial score (nSPS) is 15.6. The first-order valence-electron chi connectivity index (χ1n) is 7.31. The van der Waals surface area contributed by atoms with Gasteiger partial charge in [-0.25, -0.2) is 4.79 Å². The summed E-state index contributed by atoms with van der Waals surface area (Å²) in [5.41, 5.74) is 0.941. The minimum absolute atomic E-state index is 0.217. The molecule has 3 rings (SSSR count). The Morgan fingerprint density at radius 1 is 1.30 bits per heavy atom. The van der Waals surface area contributed by atoms with Crippen molar-refractivity contribution in [2.24, 2.45) is 0 Å². The van der Waals surface area contributed by atoms with Gasteiger partial charge < -0.3 is 5.32 Å². The Balaban J connectivity index is 1.81. The van der Waals surface area contributed by atoms with Gasteiger partial charge in [-0.2, -0.15) is 0 Å². The molecule has 2 aromatic rings. The number of thioether (sulfide) groups is 1. The van der Waals surface area contributed by atoms with Crippen molar-refractivity contribution in [3.63, 3.8) is 0 Å². The molecular formula is C15H17N5O2S. The van der Waals surface area contributed by atoms with Crippen LogP contribution in [0.3, 0.4) is 0 Å². The van der Waals surface area contributed by atoms with Gasteiger partial charge in [-0.15, -0.1) is 10.2 Å². The largest absolute Gasteiger partial charge is 0.336 e. The summed E-state index contributed by atoms with van der Waals surface area (Å²) in [6, 6.07) is 9.40. The number of carbonyl (C=O) groups is 2. The molecule has 3 amide bonds. The minimum atomic E-state index is -0.426. The number of para-hydroxylation sites is 1. The third-order valence-corrected chi connectivity index (χ3v) is 4.59. The van der Waals surface area contributed by atoms with Crippen LogP contribution in [0.15, 0.2) is 35.5 Å². The van der Waals surface area contributed by atoms with E-state index >= 15 is 0 Å². The summed E-state index contributed by atoms with van der Waals surface area (Å²) in [4.78, 5) is 25.3. The smallest absolute Gasteiger partial charge is 0.324 e. The average molecular weight is 331 g/mol. The molecule has 0 spiro atoms. The number of nitrogens with one attached hydrogen (secondary N) is 1. The van der Waals surface area contributed by atoms with Crippen molar-refractivity contribution in [2.75, 3.05) is 13.1 Å². The topological polar surface area (TPSA) is 80.1 Å². The van der Waals surface area contributed by atoms with Gasteiger partial charge in [-0.3, -0.25) is 14.3 Å². The highest BCUT2D eigenvalue weighted by Crippen LogP contribution is 2.26. The number of urea groups is 1. The number of carbonyl (C=O) groups excluding carboxylic acids is 2. The van der Waals surface area contributed by atoms with E-state index in [-0.39, 0.29) is 11.9 Å². The van der Waals surface area contributed by atoms with Crippen molar-refractivity contribution in [1.29, 1.82) is 0 Å². The molecule has 1 aromatic carbocycles.